The third-order valence-corrected chi connectivity index (χ3v) is 1.62. The molecule has 11 heavy (non-hydrogen) atoms. The fourth-order valence-corrected chi connectivity index (χ4v) is 1.08. The van der Waals surface area contributed by atoms with Crippen molar-refractivity contribution in [3.8, 4) is 0 Å². The van der Waals surface area contributed by atoms with Crippen molar-refractivity contribution >= 4 is 24.8 Å². The van der Waals surface area contributed by atoms with E-state index in [9.17, 15) is 8.78 Å². The quantitative estimate of drug-likeness (QED) is 0.623. The van der Waals surface area contributed by atoms with Gasteiger partial charge in [-0.2, -0.15) is 0 Å². The fraction of sp³-hybridized carbons (Fsp3) is 1.00. The first-order valence-electron chi connectivity index (χ1n) is 2.90. The summed E-state index contributed by atoms with van der Waals surface area (Å²) in [7, 11) is 0. The first-order chi connectivity index (χ1) is 4.01. The van der Waals surface area contributed by atoms with Gasteiger partial charge in [0.15, 0.2) is 0 Å². The Balaban J connectivity index is 0. The smallest absolute Gasteiger partial charge is 0.251 e. The van der Waals surface area contributed by atoms with Crippen molar-refractivity contribution in [3.63, 3.8) is 0 Å². The Labute approximate surface area is 76.5 Å². The maximum Gasteiger partial charge on any atom is 0.251 e. The number of halogens is 4. The van der Waals surface area contributed by atoms with Gasteiger partial charge in [-0.15, -0.1) is 24.8 Å². The summed E-state index contributed by atoms with van der Waals surface area (Å²) < 4.78 is 24.6. The van der Waals surface area contributed by atoms with Crippen LogP contribution >= 0.6 is 24.8 Å². The topological polar surface area (TPSA) is 52.0 Å². The second kappa shape index (κ2) is 4.40. The third kappa shape index (κ3) is 3.51. The van der Waals surface area contributed by atoms with Crippen LogP contribution in [0.25, 0.3) is 0 Å². The molecule has 0 aromatic heterocycles. The second-order valence-electron chi connectivity index (χ2n) is 2.59. The molecule has 0 amide bonds. The lowest BCUT2D eigenvalue weighted by atomic mass is 10.2. The average Bonchev–Trinajstić information content (AvgIpc) is 1.79. The number of hydrogen-bond acceptors (Lipinski definition) is 2. The summed E-state index contributed by atoms with van der Waals surface area (Å²) in [5.41, 5.74) is 10.5. The van der Waals surface area contributed by atoms with Gasteiger partial charge < -0.3 is 11.5 Å². The highest BCUT2D eigenvalue weighted by Gasteiger charge is 2.42. The molecular weight excluding hydrogens is 197 g/mol. The van der Waals surface area contributed by atoms with E-state index in [-0.39, 0.29) is 37.7 Å². The summed E-state index contributed by atoms with van der Waals surface area (Å²) in [4.78, 5) is 0. The van der Waals surface area contributed by atoms with Gasteiger partial charge in [-0.25, -0.2) is 8.78 Å². The minimum absolute atomic E-state index is 0. The summed E-state index contributed by atoms with van der Waals surface area (Å²) in [6.45, 7) is 0. The van der Waals surface area contributed by atoms with Crippen LogP contribution in [0.3, 0.4) is 0 Å². The van der Waals surface area contributed by atoms with E-state index in [1.807, 2.05) is 0 Å². The Morgan fingerprint density at radius 1 is 1.00 bits per heavy atom. The van der Waals surface area contributed by atoms with Crippen molar-refractivity contribution in [2.75, 3.05) is 0 Å². The Bertz CT molecular complexity index is 111. The molecule has 1 fully saturated rings. The predicted molar refractivity (Wildman–Crippen MR) is 44.6 cm³/mol. The lowest BCUT2D eigenvalue weighted by Gasteiger charge is -2.04. The van der Waals surface area contributed by atoms with E-state index in [1.165, 1.54) is 0 Å². The minimum Gasteiger partial charge on any atom is -0.326 e. The minimum atomic E-state index is -2.61. The molecule has 4 N–H and O–H groups in total. The number of alkyl halides is 2. The van der Waals surface area contributed by atoms with Crippen molar-refractivity contribution in [2.45, 2.75) is 30.8 Å². The predicted octanol–water partition coefficient (Wildman–Crippen LogP) is 0.914. The molecule has 0 unspecified atom stereocenters. The van der Waals surface area contributed by atoms with Crippen LogP contribution in [0.5, 0.6) is 0 Å². The van der Waals surface area contributed by atoms with Gasteiger partial charge >= 0.3 is 0 Å². The van der Waals surface area contributed by atoms with Gasteiger partial charge in [0.05, 0.1) is 0 Å². The van der Waals surface area contributed by atoms with Crippen LogP contribution in [-0.4, -0.2) is 18.0 Å². The van der Waals surface area contributed by atoms with E-state index >= 15 is 0 Å². The molecule has 70 valence electrons. The van der Waals surface area contributed by atoms with E-state index in [4.69, 9.17) is 11.5 Å². The van der Waals surface area contributed by atoms with Crippen LogP contribution in [0.1, 0.15) is 12.8 Å². The Kier molecular flexibility index (Phi) is 5.57. The first kappa shape index (κ1) is 13.9. The van der Waals surface area contributed by atoms with Crippen LogP contribution in [0.2, 0.25) is 0 Å². The average molecular weight is 209 g/mol. The second-order valence-corrected chi connectivity index (χ2v) is 2.59. The molecule has 2 atom stereocenters. The highest BCUT2D eigenvalue weighted by atomic mass is 35.5. The molecule has 1 aliphatic carbocycles. The molecule has 2 nitrogen and oxygen atoms in total. The highest BCUT2D eigenvalue weighted by Crippen LogP contribution is 2.32. The zero-order valence-corrected chi connectivity index (χ0v) is 7.43. The van der Waals surface area contributed by atoms with Gasteiger partial charge in [-0.05, 0) is 0 Å². The largest absolute Gasteiger partial charge is 0.326 e. The van der Waals surface area contributed by atoms with Crippen LogP contribution in [0.15, 0.2) is 0 Å². The molecule has 0 bridgehead atoms. The van der Waals surface area contributed by atoms with Crippen molar-refractivity contribution in [3.05, 3.63) is 0 Å². The van der Waals surface area contributed by atoms with E-state index < -0.39 is 18.0 Å². The molecule has 0 saturated heterocycles. The molecule has 1 saturated carbocycles. The van der Waals surface area contributed by atoms with E-state index in [1.54, 1.807) is 0 Å². The number of rotatable bonds is 0. The molecule has 0 aromatic rings. The van der Waals surface area contributed by atoms with Crippen LogP contribution < -0.4 is 11.5 Å². The highest BCUT2D eigenvalue weighted by molar-refractivity contribution is 5.85. The standard InChI is InChI=1S/C5H10F2N2.2ClH/c6-5(7)1-3(8)4(9)2-5;;/h3-4H,1-2,8-9H2;2*1H/t3-,4-;;/m0../s1. The molecular formula is C5H12Cl2F2N2. The van der Waals surface area contributed by atoms with Gasteiger partial charge in [0, 0.05) is 24.9 Å². The zero-order chi connectivity index (χ0) is 7.07. The van der Waals surface area contributed by atoms with Gasteiger partial charge in [0.2, 0.25) is 0 Å². The molecule has 1 rings (SSSR count). The Hall–Kier alpha value is 0.360. The first-order valence-corrected chi connectivity index (χ1v) is 2.90. The van der Waals surface area contributed by atoms with Gasteiger partial charge in [-0.3, -0.25) is 0 Å². The summed E-state index contributed by atoms with van der Waals surface area (Å²) in [6.07, 6.45) is -0.512. The lowest BCUT2D eigenvalue weighted by molar-refractivity contribution is 0.00693. The maximum absolute atomic E-state index is 12.3. The molecule has 0 spiro atoms. The third-order valence-electron chi connectivity index (χ3n) is 1.62. The van der Waals surface area contributed by atoms with Crippen molar-refractivity contribution < 1.29 is 8.78 Å². The maximum atomic E-state index is 12.3. The number of nitrogens with two attached hydrogens (primary N) is 2. The summed E-state index contributed by atoms with van der Waals surface area (Å²) in [5.74, 6) is -2.61. The Morgan fingerprint density at radius 2 is 1.27 bits per heavy atom. The fourth-order valence-electron chi connectivity index (χ4n) is 1.08. The molecule has 0 heterocycles. The van der Waals surface area contributed by atoms with E-state index in [0.717, 1.165) is 0 Å². The zero-order valence-electron chi connectivity index (χ0n) is 5.80. The normalized spacial score (nSPS) is 33.8. The summed E-state index contributed by atoms with van der Waals surface area (Å²) >= 11 is 0. The molecule has 0 aromatic carbocycles. The Morgan fingerprint density at radius 3 is 1.36 bits per heavy atom. The summed E-state index contributed by atoms with van der Waals surface area (Å²) in [5, 5.41) is 0. The van der Waals surface area contributed by atoms with Gasteiger partial charge in [0.1, 0.15) is 0 Å². The molecule has 1 aliphatic rings. The van der Waals surface area contributed by atoms with Crippen LogP contribution in [0.4, 0.5) is 8.78 Å². The van der Waals surface area contributed by atoms with Crippen molar-refractivity contribution in [1.82, 2.24) is 0 Å². The SMILES string of the molecule is Cl.Cl.N[C@H]1CC(F)(F)C[C@@H]1N. The molecule has 6 heteroatoms. The van der Waals surface area contributed by atoms with E-state index in [0.29, 0.717) is 0 Å². The molecule has 0 aliphatic heterocycles. The van der Waals surface area contributed by atoms with Crippen LogP contribution in [-0.2, 0) is 0 Å². The van der Waals surface area contributed by atoms with Gasteiger partial charge in [0.25, 0.3) is 5.92 Å². The lowest BCUT2D eigenvalue weighted by Crippen LogP contribution is -2.35. The summed E-state index contributed by atoms with van der Waals surface area (Å²) in [6, 6.07) is -1.03. The van der Waals surface area contributed by atoms with Crippen LogP contribution in [0, 0.1) is 0 Å². The monoisotopic (exact) mass is 208 g/mol. The van der Waals surface area contributed by atoms with Gasteiger partial charge in [-0.1, -0.05) is 0 Å². The van der Waals surface area contributed by atoms with Crippen molar-refractivity contribution in [1.29, 1.82) is 0 Å². The molecule has 0 radical (unpaired) electrons. The van der Waals surface area contributed by atoms with E-state index in [2.05, 4.69) is 0 Å². The number of hydrogen-bond donors (Lipinski definition) is 2. The van der Waals surface area contributed by atoms with Crippen molar-refractivity contribution in [2.24, 2.45) is 11.5 Å².